The Kier molecular flexibility index (Phi) is 6.43. The van der Waals surface area contributed by atoms with Crippen molar-refractivity contribution in [2.45, 2.75) is 20.0 Å². The first-order chi connectivity index (χ1) is 18.2. The summed E-state index contributed by atoms with van der Waals surface area (Å²) < 4.78 is 3.79. The van der Waals surface area contributed by atoms with Crippen molar-refractivity contribution in [3.8, 4) is 16.9 Å². The van der Waals surface area contributed by atoms with Gasteiger partial charge in [0, 0.05) is 68.6 Å². The van der Waals surface area contributed by atoms with Gasteiger partial charge in [-0.3, -0.25) is 9.88 Å². The third-order valence-electron chi connectivity index (χ3n) is 6.81. The van der Waals surface area contributed by atoms with Gasteiger partial charge in [-0.25, -0.2) is 14.3 Å². The van der Waals surface area contributed by atoms with E-state index in [2.05, 4.69) is 69.6 Å². The maximum Gasteiger partial charge on any atom is 0.155 e. The molecule has 1 aliphatic rings. The summed E-state index contributed by atoms with van der Waals surface area (Å²) in [5, 5.41) is 12.7. The summed E-state index contributed by atoms with van der Waals surface area (Å²) in [4.78, 5) is 14.3. The molecule has 0 N–H and O–H groups in total. The highest BCUT2D eigenvalue weighted by Gasteiger charge is 2.22. The fourth-order valence-electron chi connectivity index (χ4n) is 4.76. The van der Waals surface area contributed by atoms with Crippen LogP contribution in [0.3, 0.4) is 0 Å². The smallest absolute Gasteiger partial charge is 0.155 e. The Bertz CT molecular complexity index is 1440. The number of para-hydroxylation sites is 1. The second kappa shape index (κ2) is 10.3. The predicted molar refractivity (Wildman–Crippen MR) is 142 cm³/mol. The Morgan fingerprint density at radius 1 is 0.811 bits per heavy atom. The summed E-state index contributed by atoms with van der Waals surface area (Å²) in [6.45, 7) is 7.41. The van der Waals surface area contributed by atoms with E-state index in [1.54, 1.807) is 18.6 Å². The van der Waals surface area contributed by atoms with E-state index in [4.69, 9.17) is 15.1 Å². The predicted octanol–water partition coefficient (Wildman–Crippen LogP) is 3.60. The zero-order valence-electron chi connectivity index (χ0n) is 20.9. The molecule has 9 nitrogen and oxygen atoms in total. The van der Waals surface area contributed by atoms with Crippen LogP contribution in [-0.4, -0.2) is 65.8 Å². The van der Waals surface area contributed by atoms with E-state index < -0.39 is 0 Å². The fraction of sp³-hybridized carbons (Fsp3) is 0.250. The van der Waals surface area contributed by atoms with Crippen LogP contribution in [0.2, 0.25) is 0 Å². The molecule has 0 atom stereocenters. The van der Waals surface area contributed by atoms with Crippen LogP contribution in [0.25, 0.3) is 16.9 Å². The first-order valence-corrected chi connectivity index (χ1v) is 12.6. The van der Waals surface area contributed by atoms with Gasteiger partial charge in [0.15, 0.2) is 5.82 Å². The molecule has 0 spiro atoms. The highest BCUT2D eigenvalue weighted by atomic mass is 15.4. The second-order valence-corrected chi connectivity index (χ2v) is 9.31. The van der Waals surface area contributed by atoms with Crippen LogP contribution >= 0.6 is 0 Å². The molecule has 6 rings (SSSR count). The zero-order valence-corrected chi connectivity index (χ0v) is 20.9. The minimum absolute atomic E-state index is 0.694. The molecule has 1 fully saturated rings. The van der Waals surface area contributed by atoms with Crippen LogP contribution in [0.1, 0.15) is 16.8 Å². The molecule has 186 valence electrons. The van der Waals surface area contributed by atoms with Crippen molar-refractivity contribution in [1.29, 1.82) is 0 Å². The summed E-state index contributed by atoms with van der Waals surface area (Å²) in [5.74, 6) is 0.944. The van der Waals surface area contributed by atoms with Crippen LogP contribution in [0, 0.1) is 6.92 Å². The third kappa shape index (κ3) is 5.12. The number of benzene rings is 2. The lowest BCUT2D eigenvalue weighted by atomic mass is 10.1. The highest BCUT2D eigenvalue weighted by Crippen LogP contribution is 2.28. The molecule has 4 heterocycles. The van der Waals surface area contributed by atoms with Crippen molar-refractivity contribution in [2.75, 3.05) is 31.1 Å². The van der Waals surface area contributed by atoms with Crippen molar-refractivity contribution < 1.29 is 0 Å². The number of aromatic nitrogens is 7. The molecule has 2 aromatic carbocycles. The van der Waals surface area contributed by atoms with Gasteiger partial charge in [0.2, 0.25) is 0 Å². The maximum atomic E-state index is 4.73. The summed E-state index contributed by atoms with van der Waals surface area (Å²) in [5.41, 5.74) is 6.58. The Hall–Kier alpha value is -4.37. The Morgan fingerprint density at radius 3 is 2.35 bits per heavy atom. The summed E-state index contributed by atoms with van der Waals surface area (Å²) in [6, 6.07) is 18.7. The molecule has 1 saturated heterocycles. The lowest BCUT2D eigenvalue weighted by Gasteiger charge is -2.35. The molecular formula is C28H29N9. The molecule has 0 amide bonds. The monoisotopic (exact) mass is 491 g/mol. The topological polar surface area (TPSA) is 80.8 Å². The van der Waals surface area contributed by atoms with Gasteiger partial charge in [-0.05, 0) is 24.6 Å². The van der Waals surface area contributed by atoms with Crippen molar-refractivity contribution in [3.05, 3.63) is 102 Å². The Balaban J connectivity index is 1.12. The Labute approximate surface area is 216 Å². The van der Waals surface area contributed by atoms with E-state index in [1.165, 1.54) is 11.1 Å². The average Bonchev–Trinajstić information content (AvgIpc) is 3.60. The van der Waals surface area contributed by atoms with E-state index >= 15 is 0 Å². The number of piperazine rings is 1. The van der Waals surface area contributed by atoms with E-state index in [-0.39, 0.29) is 0 Å². The molecule has 9 heteroatoms. The average molecular weight is 492 g/mol. The molecule has 0 radical (unpaired) electrons. The lowest BCUT2D eigenvalue weighted by Crippen LogP contribution is -2.46. The number of hydrogen-bond donors (Lipinski definition) is 0. The zero-order chi connectivity index (χ0) is 25.0. The molecule has 0 bridgehead atoms. The molecule has 5 aromatic rings. The van der Waals surface area contributed by atoms with Gasteiger partial charge in [-0.2, -0.15) is 5.10 Å². The van der Waals surface area contributed by atoms with Gasteiger partial charge < -0.3 is 4.90 Å². The van der Waals surface area contributed by atoms with E-state index in [0.717, 1.165) is 61.2 Å². The van der Waals surface area contributed by atoms with Crippen molar-refractivity contribution in [2.24, 2.45) is 0 Å². The largest absolute Gasteiger partial charge is 0.352 e. The molecule has 37 heavy (non-hydrogen) atoms. The van der Waals surface area contributed by atoms with Crippen LogP contribution in [0.5, 0.6) is 0 Å². The van der Waals surface area contributed by atoms with Crippen LogP contribution in [-0.2, 0) is 13.1 Å². The quantitative estimate of drug-likeness (QED) is 0.344. The third-order valence-corrected chi connectivity index (χ3v) is 6.81. The molecule has 1 aliphatic heterocycles. The fourth-order valence-corrected chi connectivity index (χ4v) is 4.76. The molecular weight excluding hydrogens is 462 g/mol. The molecule has 3 aromatic heterocycles. The molecule has 0 aliphatic carbocycles. The first kappa shape index (κ1) is 23.1. The summed E-state index contributed by atoms with van der Waals surface area (Å²) in [6.07, 6.45) is 9.27. The van der Waals surface area contributed by atoms with Gasteiger partial charge in [0.25, 0.3) is 0 Å². The van der Waals surface area contributed by atoms with Crippen molar-refractivity contribution in [1.82, 2.24) is 39.6 Å². The number of rotatable bonds is 7. The standard InChI is InChI=1S/C28H29N9/c1-22-25(21-37(32-22)26-5-3-2-4-6-26)20-34-15-17-35(18-16-34)28-27(29-11-12-30-28)24-9-7-23(8-10-24)19-36-14-13-31-33-36/h2-14,21H,15-20H2,1H3. The molecule has 0 saturated carbocycles. The van der Waals surface area contributed by atoms with Crippen molar-refractivity contribution >= 4 is 5.82 Å². The van der Waals surface area contributed by atoms with Crippen LogP contribution in [0.4, 0.5) is 5.82 Å². The normalized spacial score (nSPS) is 14.2. The Morgan fingerprint density at radius 2 is 1.59 bits per heavy atom. The summed E-state index contributed by atoms with van der Waals surface area (Å²) in [7, 11) is 0. The van der Waals surface area contributed by atoms with Gasteiger partial charge in [0.05, 0.1) is 24.1 Å². The minimum atomic E-state index is 0.694. The summed E-state index contributed by atoms with van der Waals surface area (Å²) >= 11 is 0. The second-order valence-electron chi connectivity index (χ2n) is 9.31. The number of aryl methyl sites for hydroxylation is 1. The molecule has 0 unspecified atom stereocenters. The van der Waals surface area contributed by atoms with Gasteiger partial charge in [0.1, 0.15) is 5.69 Å². The van der Waals surface area contributed by atoms with Gasteiger partial charge in [-0.1, -0.05) is 47.7 Å². The number of nitrogens with zero attached hydrogens (tertiary/aromatic N) is 9. The number of hydrogen-bond acceptors (Lipinski definition) is 7. The van der Waals surface area contributed by atoms with Gasteiger partial charge >= 0.3 is 0 Å². The van der Waals surface area contributed by atoms with E-state index in [9.17, 15) is 0 Å². The first-order valence-electron chi connectivity index (χ1n) is 12.6. The van der Waals surface area contributed by atoms with Crippen molar-refractivity contribution in [3.63, 3.8) is 0 Å². The van der Waals surface area contributed by atoms with Crippen LogP contribution < -0.4 is 4.90 Å². The number of anilines is 1. The lowest BCUT2D eigenvalue weighted by molar-refractivity contribution is 0.249. The highest BCUT2D eigenvalue weighted by molar-refractivity contribution is 5.72. The van der Waals surface area contributed by atoms with Crippen LogP contribution in [0.15, 0.2) is 85.6 Å². The minimum Gasteiger partial charge on any atom is -0.352 e. The van der Waals surface area contributed by atoms with E-state index in [0.29, 0.717) is 6.54 Å². The maximum absolute atomic E-state index is 4.73. The SMILES string of the molecule is Cc1nn(-c2ccccc2)cc1CN1CCN(c2nccnc2-c2ccc(Cn3ccnn3)cc2)CC1. The van der Waals surface area contributed by atoms with E-state index in [1.807, 2.05) is 33.8 Å². The van der Waals surface area contributed by atoms with Gasteiger partial charge in [-0.15, -0.1) is 5.10 Å².